The largest absolute Gasteiger partial charge is 0.416 e. The zero-order valence-corrected chi connectivity index (χ0v) is 16.7. The number of aryl methyl sites for hydroxylation is 1. The summed E-state index contributed by atoms with van der Waals surface area (Å²) in [4.78, 5) is 27.5. The average molecular weight is 394 g/mol. The fourth-order valence-electron chi connectivity index (χ4n) is 3.31. The minimum absolute atomic E-state index is 0.117. The monoisotopic (exact) mass is 394 g/mol. The summed E-state index contributed by atoms with van der Waals surface area (Å²) in [6.45, 7) is 8.73. The third-order valence-corrected chi connectivity index (χ3v) is 4.89. The minimum Gasteiger partial charge on any atom is -0.354 e. The number of hydrogen-bond acceptors (Lipinski definition) is 2. The maximum Gasteiger partial charge on any atom is 0.416 e. The van der Waals surface area contributed by atoms with Crippen molar-refractivity contribution in [2.24, 2.45) is 0 Å². The Morgan fingerprint density at radius 1 is 1.14 bits per heavy atom. The van der Waals surface area contributed by atoms with Crippen molar-refractivity contribution < 1.29 is 22.8 Å². The smallest absolute Gasteiger partial charge is 0.354 e. The molecule has 152 valence electrons. The second-order valence-corrected chi connectivity index (χ2v) is 7.53. The molecule has 0 aliphatic heterocycles. The molecule has 1 aromatic heterocycles. The van der Waals surface area contributed by atoms with Crippen molar-refractivity contribution in [3.05, 3.63) is 57.9 Å². The van der Waals surface area contributed by atoms with Gasteiger partial charge in [0.2, 0.25) is 0 Å². The van der Waals surface area contributed by atoms with Crippen molar-refractivity contribution in [2.45, 2.75) is 52.6 Å². The molecule has 0 saturated carbocycles. The standard InChI is InChI=1S/C21H25F3N2O2/c1-6-16-17(13(3)27)12(2)26-18(16)19(28)25-11-20(4,5)14-8-7-9-15(10-14)21(22,23)24/h7-10,26H,6,11H2,1-5H3,(H,25,28). The van der Waals surface area contributed by atoms with Gasteiger partial charge < -0.3 is 10.3 Å². The van der Waals surface area contributed by atoms with Crippen LogP contribution in [0.5, 0.6) is 0 Å². The van der Waals surface area contributed by atoms with Gasteiger partial charge in [-0.25, -0.2) is 0 Å². The molecule has 0 atom stereocenters. The van der Waals surface area contributed by atoms with Crippen LogP contribution < -0.4 is 5.32 Å². The van der Waals surface area contributed by atoms with Gasteiger partial charge in [0, 0.05) is 23.2 Å². The molecular formula is C21H25F3N2O2. The number of H-pyrrole nitrogens is 1. The predicted molar refractivity (Wildman–Crippen MR) is 102 cm³/mol. The second-order valence-electron chi connectivity index (χ2n) is 7.53. The summed E-state index contributed by atoms with van der Waals surface area (Å²) in [6, 6.07) is 5.11. The van der Waals surface area contributed by atoms with Gasteiger partial charge in [-0.15, -0.1) is 0 Å². The molecule has 1 amide bonds. The highest BCUT2D eigenvalue weighted by Gasteiger charge is 2.32. The van der Waals surface area contributed by atoms with Gasteiger partial charge in [-0.2, -0.15) is 13.2 Å². The molecule has 28 heavy (non-hydrogen) atoms. The fraction of sp³-hybridized carbons (Fsp3) is 0.429. The Balaban J connectivity index is 2.23. The number of benzene rings is 1. The normalized spacial score (nSPS) is 12.1. The first-order valence-electron chi connectivity index (χ1n) is 9.06. The van der Waals surface area contributed by atoms with Crippen LogP contribution in [0.25, 0.3) is 0 Å². The zero-order valence-electron chi connectivity index (χ0n) is 16.7. The van der Waals surface area contributed by atoms with Gasteiger partial charge in [0.25, 0.3) is 5.91 Å². The number of nitrogens with one attached hydrogen (secondary N) is 2. The Labute approximate surface area is 162 Å². The summed E-state index contributed by atoms with van der Waals surface area (Å²) in [5.74, 6) is -0.499. The van der Waals surface area contributed by atoms with Crippen LogP contribution in [0.2, 0.25) is 0 Å². The Morgan fingerprint density at radius 2 is 1.75 bits per heavy atom. The lowest BCUT2D eigenvalue weighted by atomic mass is 9.83. The van der Waals surface area contributed by atoms with E-state index in [4.69, 9.17) is 0 Å². The van der Waals surface area contributed by atoms with Gasteiger partial charge in [-0.05, 0) is 37.5 Å². The predicted octanol–water partition coefficient (Wildman–Crippen LogP) is 4.81. The van der Waals surface area contributed by atoms with Crippen molar-refractivity contribution in [2.75, 3.05) is 6.54 Å². The molecule has 2 aromatic rings. The molecule has 0 bridgehead atoms. The molecule has 2 N–H and O–H groups in total. The van der Waals surface area contributed by atoms with Crippen LogP contribution in [0.3, 0.4) is 0 Å². The molecule has 0 aliphatic carbocycles. The summed E-state index contributed by atoms with van der Waals surface area (Å²) < 4.78 is 38.9. The first-order chi connectivity index (χ1) is 12.9. The number of Topliss-reactive ketones (excluding diaryl/α,β-unsaturated/α-hetero) is 1. The molecule has 1 heterocycles. The maximum absolute atomic E-state index is 13.0. The first-order valence-corrected chi connectivity index (χ1v) is 9.06. The SMILES string of the molecule is CCc1c(C(=O)NCC(C)(C)c2cccc(C(F)(F)F)c2)[nH]c(C)c1C(C)=O. The lowest BCUT2D eigenvalue weighted by molar-refractivity contribution is -0.137. The third kappa shape index (κ3) is 4.46. The van der Waals surface area contributed by atoms with Crippen molar-refractivity contribution >= 4 is 11.7 Å². The van der Waals surface area contributed by atoms with Gasteiger partial charge in [-0.3, -0.25) is 9.59 Å². The summed E-state index contributed by atoms with van der Waals surface area (Å²) in [5.41, 5.74) is 1.17. The minimum atomic E-state index is -4.42. The number of halogens is 3. The molecular weight excluding hydrogens is 369 g/mol. The van der Waals surface area contributed by atoms with Gasteiger partial charge in [0.15, 0.2) is 5.78 Å². The number of carbonyl (C=O) groups excluding carboxylic acids is 2. The van der Waals surface area contributed by atoms with E-state index in [0.717, 1.165) is 12.1 Å². The number of aromatic amines is 1. The third-order valence-electron chi connectivity index (χ3n) is 4.89. The number of hydrogen-bond donors (Lipinski definition) is 2. The molecule has 0 fully saturated rings. The highest BCUT2D eigenvalue weighted by atomic mass is 19.4. The lowest BCUT2D eigenvalue weighted by Gasteiger charge is -2.26. The first kappa shape index (κ1) is 21.7. The van der Waals surface area contributed by atoms with Gasteiger partial charge >= 0.3 is 6.18 Å². The molecule has 7 heteroatoms. The van der Waals surface area contributed by atoms with E-state index in [-0.39, 0.29) is 18.2 Å². The van der Waals surface area contributed by atoms with Gasteiger partial charge in [0.1, 0.15) is 5.69 Å². The van der Waals surface area contributed by atoms with Crippen LogP contribution in [-0.4, -0.2) is 23.2 Å². The summed E-state index contributed by atoms with van der Waals surface area (Å²) in [7, 11) is 0. The van der Waals surface area contributed by atoms with E-state index in [0.29, 0.717) is 34.5 Å². The Kier molecular flexibility index (Phi) is 6.06. The van der Waals surface area contributed by atoms with E-state index < -0.39 is 17.2 Å². The van der Waals surface area contributed by atoms with Gasteiger partial charge in [-0.1, -0.05) is 39.0 Å². The average Bonchev–Trinajstić information content (AvgIpc) is 2.95. The molecule has 1 aromatic carbocycles. The lowest BCUT2D eigenvalue weighted by Crippen LogP contribution is -2.37. The van der Waals surface area contributed by atoms with Crippen molar-refractivity contribution in [1.82, 2.24) is 10.3 Å². The van der Waals surface area contributed by atoms with E-state index in [2.05, 4.69) is 10.3 Å². The number of ketones is 1. The van der Waals surface area contributed by atoms with E-state index in [1.807, 2.05) is 6.92 Å². The number of amides is 1. The van der Waals surface area contributed by atoms with Crippen molar-refractivity contribution in [1.29, 1.82) is 0 Å². The van der Waals surface area contributed by atoms with E-state index in [1.165, 1.54) is 13.0 Å². The van der Waals surface area contributed by atoms with Crippen LogP contribution in [0, 0.1) is 6.92 Å². The number of rotatable bonds is 6. The summed E-state index contributed by atoms with van der Waals surface area (Å²) >= 11 is 0. The quantitative estimate of drug-likeness (QED) is 0.691. The molecule has 0 aliphatic rings. The van der Waals surface area contributed by atoms with Crippen LogP contribution in [-0.2, 0) is 18.0 Å². The van der Waals surface area contributed by atoms with Crippen LogP contribution in [0.4, 0.5) is 13.2 Å². The Bertz CT molecular complexity index is 896. The molecule has 2 rings (SSSR count). The van der Waals surface area contributed by atoms with Crippen LogP contribution in [0.15, 0.2) is 24.3 Å². The van der Waals surface area contributed by atoms with Crippen molar-refractivity contribution in [3.63, 3.8) is 0 Å². The van der Waals surface area contributed by atoms with E-state index in [9.17, 15) is 22.8 Å². The van der Waals surface area contributed by atoms with E-state index >= 15 is 0 Å². The molecule has 0 saturated heterocycles. The van der Waals surface area contributed by atoms with Crippen LogP contribution >= 0.6 is 0 Å². The highest BCUT2D eigenvalue weighted by Crippen LogP contribution is 2.32. The number of aromatic nitrogens is 1. The molecule has 4 nitrogen and oxygen atoms in total. The highest BCUT2D eigenvalue weighted by molar-refractivity contribution is 6.02. The zero-order chi connectivity index (χ0) is 21.3. The topological polar surface area (TPSA) is 62.0 Å². The fourth-order valence-corrected chi connectivity index (χ4v) is 3.31. The number of alkyl halides is 3. The Morgan fingerprint density at radius 3 is 2.29 bits per heavy atom. The molecule has 0 radical (unpaired) electrons. The summed E-state index contributed by atoms with van der Waals surface area (Å²) in [6.07, 6.45) is -3.91. The maximum atomic E-state index is 13.0. The van der Waals surface area contributed by atoms with Gasteiger partial charge in [0.05, 0.1) is 5.56 Å². The van der Waals surface area contributed by atoms with E-state index in [1.54, 1.807) is 26.8 Å². The number of carbonyl (C=O) groups is 2. The summed E-state index contributed by atoms with van der Waals surface area (Å²) in [5, 5.41) is 2.79. The second kappa shape index (κ2) is 7.81. The van der Waals surface area contributed by atoms with Crippen molar-refractivity contribution in [3.8, 4) is 0 Å². The Hall–Kier alpha value is -2.57. The molecule has 0 unspecified atom stereocenters. The van der Waals surface area contributed by atoms with Crippen LogP contribution in [0.1, 0.15) is 70.9 Å². The molecule has 0 spiro atoms.